The second kappa shape index (κ2) is 11.4. The van der Waals surface area contributed by atoms with Crippen molar-refractivity contribution >= 4 is 70.8 Å². The molecular formula is C33H22BCl2F5N2O7. The molecule has 2 aliphatic carbocycles. The number of benzene rings is 3. The molecule has 4 amide bonds. The van der Waals surface area contributed by atoms with Crippen molar-refractivity contribution in [1.29, 1.82) is 0 Å². The molecule has 6 atom stereocenters. The Morgan fingerprint density at radius 3 is 2.08 bits per heavy atom. The first kappa shape index (κ1) is 34.2. The number of nitrogens with zero attached hydrogens (tertiary/aromatic N) is 2. The van der Waals surface area contributed by atoms with Crippen LogP contribution in [0.15, 0.2) is 54.1 Å². The third-order valence-corrected chi connectivity index (χ3v) is 11.6. The summed E-state index contributed by atoms with van der Waals surface area (Å²) in [6.45, 7) is 1.50. The summed E-state index contributed by atoms with van der Waals surface area (Å²) in [5.74, 6) is -22.1. The molecule has 9 nitrogen and oxygen atoms in total. The molecule has 3 aromatic rings. The average Bonchev–Trinajstić information content (AvgIpc) is 3.42. The van der Waals surface area contributed by atoms with Gasteiger partial charge in [-0.3, -0.25) is 24.1 Å². The minimum Gasteiger partial charge on any atom is -0.508 e. The van der Waals surface area contributed by atoms with Crippen LogP contribution in [0.1, 0.15) is 29.9 Å². The molecule has 3 aromatic carbocycles. The number of imide groups is 2. The number of phenols is 1. The Labute approximate surface area is 289 Å². The third-order valence-electron chi connectivity index (χ3n) is 10.2. The van der Waals surface area contributed by atoms with Crippen LogP contribution in [0.2, 0.25) is 0 Å². The van der Waals surface area contributed by atoms with E-state index in [1.807, 2.05) is 0 Å². The van der Waals surface area contributed by atoms with Gasteiger partial charge >= 0.3 is 7.12 Å². The molecule has 2 saturated heterocycles. The summed E-state index contributed by atoms with van der Waals surface area (Å²) in [4.78, 5) is 51.8. The lowest BCUT2D eigenvalue weighted by Crippen LogP contribution is -2.60. The number of halogens is 7. The van der Waals surface area contributed by atoms with Gasteiger partial charge in [0.25, 0.3) is 11.8 Å². The topological polar surface area (TPSA) is 135 Å². The maximum Gasteiger partial charge on any atom is 0.488 e. The van der Waals surface area contributed by atoms with E-state index in [1.165, 1.54) is 49.4 Å². The molecule has 0 aromatic heterocycles. The van der Waals surface area contributed by atoms with Gasteiger partial charge in [0.15, 0.2) is 33.0 Å². The van der Waals surface area contributed by atoms with Gasteiger partial charge in [-0.05, 0) is 60.5 Å². The van der Waals surface area contributed by atoms with Crippen molar-refractivity contribution < 1.29 is 56.3 Å². The zero-order chi connectivity index (χ0) is 36.4. The Morgan fingerprint density at radius 1 is 0.820 bits per heavy atom. The molecule has 17 heteroatoms. The lowest BCUT2D eigenvalue weighted by molar-refractivity contribution is -0.125. The van der Waals surface area contributed by atoms with Crippen LogP contribution in [-0.2, 0) is 19.2 Å². The molecule has 258 valence electrons. The van der Waals surface area contributed by atoms with Crippen molar-refractivity contribution in [2.45, 2.75) is 35.4 Å². The van der Waals surface area contributed by atoms with E-state index in [0.29, 0.717) is 0 Å². The molecule has 0 spiro atoms. The van der Waals surface area contributed by atoms with Crippen LogP contribution in [0.4, 0.5) is 33.3 Å². The number of carbonyl (C=O) groups is 4. The highest BCUT2D eigenvalue weighted by Crippen LogP contribution is 2.66. The van der Waals surface area contributed by atoms with E-state index in [2.05, 4.69) is 0 Å². The lowest BCUT2D eigenvalue weighted by Gasteiger charge is -2.50. The van der Waals surface area contributed by atoms with E-state index in [4.69, 9.17) is 23.2 Å². The number of hydrogen-bond donors (Lipinski definition) is 3. The van der Waals surface area contributed by atoms with E-state index >= 15 is 8.78 Å². The SMILES string of the molecule is Cc1cc(C2C3=CCC4C(=O)N(c5cccc(B(O)O)c5)C(=O)C4C3CC3(Cl)C(=O)N(c4c(F)c(F)c(F)c(F)c4F)C(=O)C23Cl)ccc1O. The van der Waals surface area contributed by atoms with Crippen molar-refractivity contribution in [1.82, 2.24) is 0 Å². The van der Waals surface area contributed by atoms with Gasteiger partial charge in [0.1, 0.15) is 11.4 Å². The zero-order valence-electron chi connectivity index (χ0n) is 25.4. The number of fused-ring (bicyclic) bond motifs is 4. The van der Waals surface area contributed by atoms with Gasteiger partial charge < -0.3 is 15.2 Å². The number of phenolic OH excluding ortho intramolecular Hbond substituents is 1. The quantitative estimate of drug-likeness (QED) is 0.0706. The van der Waals surface area contributed by atoms with E-state index in [-0.39, 0.29) is 44.9 Å². The Kier molecular flexibility index (Phi) is 7.76. The van der Waals surface area contributed by atoms with Gasteiger partial charge in [-0.25, -0.2) is 26.9 Å². The minimum atomic E-state index is -2.69. The number of allylic oxidation sites excluding steroid dienone is 2. The van der Waals surface area contributed by atoms with Crippen LogP contribution in [0, 0.1) is 53.8 Å². The maximum absolute atomic E-state index is 15.2. The van der Waals surface area contributed by atoms with Gasteiger partial charge in [-0.15, -0.1) is 23.2 Å². The molecule has 2 aliphatic heterocycles. The standard InChI is InChI=1S/C33H22BCl2F5N2O7/c1-12-9-13(5-8-19(12)44)21-16-6-7-17-20(29(46)42(28(17)45)15-4-2-3-14(10-15)34(49)50)18(16)11-32(35)30(47)43(31(48)33(21,32)36)27-25(40)23(38)22(37)24(39)26(27)41/h2-6,8-10,17-18,20-21,44,49-50H,7,11H2,1H3. The summed E-state index contributed by atoms with van der Waals surface area (Å²) in [6.07, 6.45) is 0.775. The maximum atomic E-state index is 15.2. The van der Waals surface area contributed by atoms with Crippen molar-refractivity contribution in [3.05, 3.63) is 94.3 Å². The molecule has 3 N–H and O–H groups in total. The second-order valence-corrected chi connectivity index (χ2v) is 14.0. The molecular weight excluding hydrogens is 713 g/mol. The molecule has 3 fully saturated rings. The van der Waals surface area contributed by atoms with Gasteiger partial charge in [0, 0.05) is 5.92 Å². The highest BCUT2D eigenvalue weighted by Gasteiger charge is 2.77. The number of carbonyl (C=O) groups excluding carboxylic acids is 4. The number of aromatic hydroxyl groups is 1. The fraction of sp³-hybridized carbons (Fsp3) is 0.273. The fourth-order valence-electron chi connectivity index (χ4n) is 7.88. The van der Waals surface area contributed by atoms with E-state index in [1.54, 1.807) is 6.08 Å². The first-order valence-corrected chi connectivity index (χ1v) is 15.8. The van der Waals surface area contributed by atoms with Crippen LogP contribution < -0.4 is 15.3 Å². The molecule has 50 heavy (non-hydrogen) atoms. The van der Waals surface area contributed by atoms with Crippen molar-refractivity contribution in [3.63, 3.8) is 0 Å². The van der Waals surface area contributed by atoms with Crippen LogP contribution >= 0.6 is 23.2 Å². The summed E-state index contributed by atoms with van der Waals surface area (Å²) in [6, 6.07) is 9.35. The summed E-state index contributed by atoms with van der Waals surface area (Å²) in [7, 11) is -1.93. The van der Waals surface area contributed by atoms with E-state index in [9.17, 15) is 47.5 Å². The molecule has 2 heterocycles. The van der Waals surface area contributed by atoms with Gasteiger partial charge in [-0.1, -0.05) is 35.9 Å². The van der Waals surface area contributed by atoms with Crippen molar-refractivity contribution in [3.8, 4) is 5.75 Å². The lowest BCUT2D eigenvalue weighted by atomic mass is 9.56. The summed E-state index contributed by atoms with van der Waals surface area (Å²) >= 11 is 14.2. The number of rotatable bonds is 4. The largest absolute Gasteiger partial charge is 0.508 e. The Morgan fingerprint density at radius 2 is 1.46 bits per heavy atom. The predicted octanol–water partition coefficient (Wildman–Crippen LogP) is 3.84. The Bertz CT molecular complexity index is 2090. The van der Waals surface area contributed by atoms with E-state index in [0.717, 1.165) is 4.90 Å². The molecule has 6 unspecified atom stereocenters. The van der Waals surface area contributed by atoms with Gasteiger partial charge in [0.2, 0.25) is 17.6 Å². The first-order valence-electron chi connectivity index (χ1n) is 15.1. The van der Waals surface area contributed by atoms with Crippen LogP contribution in [0.25, 0.3) is 0 Å². The molecule has 4 aliphatic rings. The monoisotopic (exact) mass is 734 g/mol. The molecule has 0 radical (unpaired) electrons. The van der Waals surface area contributed by atoms with Crippen LogP contribution in [0.3, 0.4) is 0 Å². The predicted molar refractivity (Wildman–Crippen MR) is 168 cm³/mol. The minimum absolute atomic E-state index is 0.0138. The highest BCUT2D eigenvalue weighted by atomic mass is 35.5. The number of amides is 4. The summed E-state index contributed by atoms with van der Waals surface area (Å²) in [5, 5.41) is 29.6. The molecule has 7 rings (SSSR count). The number of alkyl halides is 2. The van der Waals surface area contributed by atoms with Crippen molar-refractivity contribution in [2.24, 2.45) is 17.8 Å². The normalized spacial score (nSPS) is 28.9. The smallest absolute Gasteiger partial charge is 0.488 e. The average molecular weight is 735 g/mol. The number of anilines is 2. The zero-order valence-corrected chi connectivity index (χ0v) is 26.9. The van der Waals surface area contributed by atoms with Crippen molar-refractivity contribution in [2.75, 3.05) is 9.80 Å². The van der Waals surface area contributed by atoms with Gasteiger partial charge in [0.05, 0.1) is 17.5 Å². The highest BCUT2D eigenvalue weighted by molar-refractivity contribution is 6.59. The summed E-state index contributed by atoms with van der Waals surface area (Å²) < 4.78 is 73.2. The second-order valence-electron chi connectivity index (χ2n) is 12.7. The third kappa shape index (κ3) is 4.33. The van der Waals surface area contributed by atoms with E-state index < -0.39 is 105 Å². The molecule has 0 bridgehead atoms. The van der Waals surface area contributed by atoms with Gasteiger partial charge in [-0.2, -0.15) is 0 Å². The summed E-state index contributed by atoms with van der Waals surface area (Å²) in [5.41, 5.74) is -1.24. The number of aryl methyl sites for hydroxylation is 1. The molecule has 1 saturated carbocycles. The van der Waals surface area contributed by atoms with Crippen LogP contribution in [-0.4, -0.2) is 55.7 Å². The van der Waals surface area contributed by atoms with Crippen LogP contribution in [0.5, 0.6) is 5.75 Å². The number of hydrogen-bond acceptors (Lipinski definition) is 7. The Balaban J connectivity index is 1.42. The fourth-order valence-corrected chi connectivity index (χ4v) is 8.81. The first-order chi connectivity index (χ1) is 23.5. The Hall–Kier alpha value is -4.31.